The molecule has 30 heavy (non-hydrogen) atoms. The molecule has 1 aliphatic rings. The number of hydrogen-bond donors (Lipinski definition) is 2. The smallest absolute Gasteiger partial charge is 0.290 e. The summed E-state index contributed by atoms with van der Waals surface area (Å²) in [4.78, 5) is 31.5. The number of amides is 2. The van der Waals surface area contributed by atoms with Crippen molar-refractivity contribution in [3.8, 4) is 17.1 Å². The molecule has 1 fully saturated rings. The third kappa shape index (κ3) is 4.19. The monoisotopic (exact) mass is 409 g/mol. The third-order valence-electron chi connectivity index (χ3n) is 5.11. The first-order valence-corrected chi connectivity index (χ1v) is 9.83. The van der Waals surface area contributed by atoms with Crippen molar-refractivity contribution in [1.82, 2.24) is 25.4 Å². The molecule has 0 spiro atoms. The maximum atomic E-state index is 12.8. The van der Waals surface area contributed by atoms with Crippen molar-refractivity contribution in [1.29, 1.82) is 0 Å². The maximum Gasteiger partial charge on any atom is 0.290 e. The lowest BCUT2D eigenvalue weighted by molar-refractivity contribution is -0.126. The highest BCUT2D eigenvalue weighted by Gasteiger charge is 2.33. The number of likely N-dealkylation sites (tertiary alicyclic amines) is 1. The molecule has 0 saturated carbocycles. The van der Waals surface area contributed by atoms with Crippen LogP contribution in [0.5, 0.6) is 5.75 Å². The Hall–Kier alpha value is -3.62. The SMILES string of the molecule is COc1ccc(-c2n[nH]c(CNC(=O)C3CCCCN3C(=O)c3ccco3)n2)cc1. The summed E-state index contributed by atoms with van der Waals surface area (Å²) in [6.07, 6.45) is 3.83. The molecular weight excluding hydrogens is 386 g/mol. The summed E-state index contributed by atoms with van der Waals surface area (Å²) in [7, 11) is 1.61. The molecule has 1 saturated heterocycles. The summed E-state index contributed by atoms with van der Waals surface area (Å²) < 4.78 is 10.4. The third-order valence-corrected chi connectivity index (χ3v) is 5.11. The molecule has 0 aliphatic carbocycles. The van der Waals surface area contributed by atoms with E-state index < -0.39 is 6.04 Å². The highest BCUT2D eigenvalue weighted by Crippen LogP contribution is 2.21. The summed E-state index contributed by atoms with van der Waals surface area (Å²) in [5.41, 5.74) is 0.840. The van der Waals surface area contributed by atoms with E-state index in [0.29, 0.717) is 24.6 Å². The van der Waals surface area contributed by atoms with Crippen LogP contribution in [0.1, 0.15) is 35.6 Å². The zero-order valence-corrected chi connectivity index (χ0v) is 16.6. The van der Waals surface area contributed by atoms with Crippen LogP contribution in [0.25, 0.3) is 11.4 Å². The van der Waals surface area contributed by atoms with E-state index >= 15 is 0 Å². The lowest BCUT2D eigenvalue weighted by atomic mass is 10.0. The molecule has 9 heteroatoms. The number of nitrogens with zero attached hydrogens (tertiary/aromatic N) is 3. The molecule has 0 bridgehead atoms. The van der Waals surface area contributed by atoms with E-state index in [1.54, 1.807) is 24.1 Å². The van der Waals surface area contributed by atoms with Gasteiger partial charge in [-0.3, -0.25) is 14.7 Å². The van der Waals surface area contributed by atoms with Gasteiger partial charge in [-0.05, 0) is 55.7 Å². The number of ether oxygens (including phenoxy) is 1. The van der Waals surface area contributed by atoms with E-state index in [-0.39, 0.29) is 24.1 Å². The number of H-pyrrole nitrogens is 1. The minimum absolute atomic E-state index is 0.196. The van der Waals surface area contributed by atoms with Crippen molar-refractivity contribution in [3.05, 3.63) is 54.2 Å². The molecule has 1 aliphatic heterocycles. The minimum atomic E-state index is -0.527. The number of nitrogens with one attached hydrogen (secondary N) is 2. The largest absolute Gasteiger partial charge is 0.497 e. The lowest BCUT2D eigenvalue weighted by Crippen LogP contribution is -2.51. The molecule has 1 unspecified atom stereocenters. The van der Waals surface area contributed by atoms with Crippen LogP contribution in [0.2, 0.25) is 0 Å². The molecule has 1 atom stereocenters. The number of piperidine rings is 1. The summed E-state index contributed by atoms with van der Waals surface area (Å²) in [5, 5.41) is 9.91. The molecule has 4 rings (SSSR count). The fourth-order valence-electron chi connectivity index (χ4n) is 3.52. The summed E-state index contributed by atoms with van der Waals surface area (Å²) in [6.45, 7) is 0.725. The minimum Gasteiger partial charge on any atom is -0.497 e. The van der Waals surface area contributed by atoms with Crippen molar-refractivity contribution in [2.45, 2.75) is 31.8 Å². The van der Waals surface area contributed by atoms with E-state index in [4.69, 9.17) is 9.15 Å². The number of benzene rings is 1. The Kier molecular flexibility index (Phi) is 5.78. The number of furan rings is 1. The van der Waals surface area contributed by atoms with E-state index in [2.05, 4.69) is 20.5 Å². The zero-order valence-electron chi connectivity index (χ0n) is 16.6. The van der Waals surface area contributed by atoms with Crippen LogP contribution in [-0.4, -0.2) is 51.6 Å². The average molecular weight is 409 g/mol. The van der Waals surface area contributed by atoms with Crippen molar-refractivity contribution >= 4 is 11.8 Å². The first-order chi connectivity index (χ1) is 14.7. The van der Waals surface area contributed by atoms with Gasteiger partial charge in [-0.2, -0.15) is 5.10 Å². The molecule has 2 amide bonds. The number of methoxy groups -OCH3 is 1. The number of rotatable bonds is 6. The van der Waals surface area contributed by atoms with Crippen LogP contribution >= 0.6 is 0 Å². The average Bonchev–Trinajstić information content (AvgIpc) is 3.49. The molecule has 9 nitrogen and oxygen atoms in total. The van der Waals surface area contributed by atoms with Crippen LogP contribution in [0, 0.1) is 0 Å². The Balaban J connectivity index is 1.38. The van der Waals surface area contributed by atoms with Crippen molar-refractivity contribution < 1.29 is 18.7 Å². The Morgan fingerprint density at radius 1 is 1.27 bits per heavy atom. The molecule has 2 N–H and O–H groups in total. The topological polar surface area (TPSA) is 113 Å². The van der Waals surface area contributed by atoms with E-state index in [1.807, 2.05) is 24.3 Å². The number of carbonyl (C=O) groups is 2. The summed E-state index contributed by atoms with van der Waals surface area (Å²) in [5.74, 6) is 1.60. The quantitative estimate of drug-likeness (QED) is 0.646. The predicted octanol–water partition coefficient (Wildman–Crippen LogP) is 2.38. The van der Waals surface area contributed by atoms with E-state index in [1.165, 1.54) is 6.26 Å². The number of aromatic nitrogens is 3. The molecule has 1 aromatic carbocycles. The van der Waals surface area contributed by atoms with Gasteiger partial charge < -0.3 is 19.4 Å². The zero-order chi connectivity index (χ0) is 20.9. The fraction of sp³-hybridized carbons (Fsp3) is 0.333. The van der Waals surface area contributed by atoms with Gasteiger partial charge in [0.1, 0.15) is 17.6 Å². The molecule has 2 aromatic heterocycles. The van der Waals surface area contributed by atoms with Crippen LogP contribution < -0.4 is 10.1 Å². The van der Waals surface area contributed by atoms with Gasteiger partial charge in [0.2, 0.25) is 5.91 Å². The van der Waals surface area contributed by atoms with Crippen LogP contribution in [-0.2, 0) is 11.3 Å². The molecule has 0 radical (unpaired) electrons. The number of carbonyl (C=O) groups excluding carboxylic acids is 2. The van der Waals surface area contributed by atoms with Gasteiger partial charge in [-0.15, -0.1) is 0 Å². The van der Waals surface area contributed by atoms with Crippen LogP contribution in [0.15, 0.2) is 47.1 Å². The number of aromatic amines is 1. The highest BCUT2D eigenvalue weighted by atomic mass is 16.5. The van der Waals surface area contributed by atoms with Crippen molar-refractivity contribution in [2.75, 3.05) is 13.7 Å². The van der Waals surface area contributed by atoms with Crippen molar-refractivity contribution in [2.24, 2.45) is 0 Å². The van der Waals surface area contributed by atoms with Gasteiger partial charge in [-0.1, -0.05) is 0 Å². The highest BCUT2D eigenvalue weighted by molar-refractivity contribution is 5.95. The number of hydrogen-bond acceptors (Lipinski definition) is 6. The van der Waals surface area contributed by atoms with Crippen LogP contribution in [0.4, 0.5) is 0 Å². The Labute approximate surface area is 173 Å². The molecule has 3 aromatic rings. The molecular formula is C21H23N5O4. The van der Waals surface area contributed by atoms with E-state index in [9.17, 15) is 9.59 Å². The van der Waals surface area contributed by atoms with E-state index in [0.717, 1.165) is 24.2 Å². The normalized spacial score (nSPS) is 16.3. The van der Waals surface area contributed by atoms with Gasteiger partial charge in [-0.25, -0.2) is 4.98 Å². The Morgan fingerprint density at radius 2 is 2.10 bits per heavy atom. The first kappa shape index (κ1) is 19.7. The molecule has 156 valence electrons. The van der Waals surface area contributed by atoms with Gasteiger partial charge >= 0.3 is 0 Å². The second-order valence-electron chi connectivity index (χ2n) is 7.04. The van der Waals surface area contributed by atoms with Gasteiger partial charge in [0.05, 0.1) is 19.9 Å². The van der Waals surface area contributed by atoms with Gasteiger partial charge in [0, 0.05) is 12.1 Å². The lowest BCUT2D eigenvalue weighted by Gasteiger charge is -2.34. The standard InChI is InChI=1S/C21H23N5O4/c1-29-15-9-7-14(8-10-15)19-23-18(24-25-19)13-22-20(27)16-5-2-3-11-26(16)21(28)17-6-4-12-30-17/h4,6-10,12,16H,2-3,5,11,13H2,1H3,(H,22,27)(H,23,24,25). The van der Waals surface area contributed by atoms with Gasteiger partial charge in [0.15, 0.2) is 11.6 Å². The predicted molar refractivity (Wildman–Crippen MR) is 108 cm³/mol. The van der Waals surface area contributed by atoms with Crippen molar-refractivity contribution in [3.63, 3.8) is 0 Å². The van der Waals surface area contributed by atoms with Gasteiger partial charge in [0.25, 0.3) is 5.91 Å². The first-order valence-electron chi connectivity index (χ1n) is 9.83. The Morgan fingerprint density at radius 3 is 2.83 bits per heavy atom. The Bertz CT molecular complexity index is 997. The summed E-state index contributed by atoms with van der Waals surface area (Å²) in [6, 6.07) is 10.1. The second kappa shape index (κ2) is 8.81. The summed E-state index contributed by atoms with van der Waals surface area (Å²) >= 11 is 0. The van der Waals surface area contributed by atoms with Crippen LogP contribution in [0.3, 0.4) is 0 Å². The maximum absolute atomic E-state index is 12.8. The second-order valence-corrected chi connectivity index (χ2v) is 7.04. The fourth-order valence-corrected chi connectivity index (χ4v) is 3.52. The molecule has 3 heterocycles.